The molecule has 1 amide bonds. The van der Waals surface area contributed by atoms with Gasteiger partial charge in [0.05, 0.1) is 0 Å². The first-order valence-corrected chi connectivity index (χ1v) is 7.69. The van der Waals surface area contributed by atoms with Crippen LogP contribution in [0.3, 0.4) is 0 Å². The molecule has 1 aromatic heterocycles. The number of allylic oxidation sites excluding steroid dienone is 1. The summed E-state index contributed by atoms with van der Waals surface area (Å²) in [5, 5.41) is 23.2. The lowest BCUT2D eigenvalue weighted by Gasteiger charge is -2.13. The Kier molecular flexibility index (Phi) is 4.47. The fraction of sp³-hybridized carbons (Fsp3) is 0.500. The molecule has 2 rings (SSSR count). The molecule has 22 heavy (non-hydrogen) atoms. The average Bonchev–Trinajstić information content (AvgIpc) is 2.98. The summed E-state index contributed by atoms with van der Waals surface area (Å²) in [7, 11) is -4.46. The third-order valence-electron chi connectivity index (χ3n) is 3.13. The maximum absolute atomic E-state index is 11.1. The number of rotatable bonds is 4. The van der Waals surface area contributed by atoms with Crippen molar-refractivity contribution in [3.8, 4) is 0 Å². The molecule has 1 unspecified atom stereocenters. The van der Waals surface area contributed by atoms with Crippen LogP contribution < -0.4 is 5.73 Å². The van der Waals surface area contributed by atoms with Crippen molar-refractivity contribution in [2.24, 2.45) is 5.73 Å². The molecule has 1 saturated heterocycles. The standard InChI is InChI=1S/C10H15N4O7P/c1-4(22(18,19)20)2-5-6(15)7(16)10(21-5)14-3-12-9(13-14)8(11)17/h2-3,5-7,10,15-16H,1H3,(H2,11,17)(H2,18,19,20)/b4-2+/t5-,6-,7-,10?/m1/s1. The van der Waals surface area contributed by atoms with E-state index < -0.39 is 38.0 Å². The lowest BCUT2D eigenvalue weighted by atomic mass is 10.1. The molecule has 1 aliphatic rings. The van der Waals surface area contributed by atoms with E-state index in [1.165, 1.54) is 6.92 Å². The van der Waals surface area contributed by atoms with E-state index >= 15 is 0 Å². The van der Waals surface area contributed by atoms with Gasteiger partial charge in [-0.15, -0.1) is 5.10 Å². The third kappa shape index (κ3) is 3.24. The summed E-state index contributed by atoms with van der Waals surface area (Å²) < 4.78 is 17.4. The number of amides is 1. The highest BCUT2D eigenvalue weighted by Gasteiger charge is 2.44. The molecule has 1 aromatic rings. The Morgan fingerprint density at radius 2 is 2.09 bits per heavy atom. The average molecular weight is 334 g/mol. The van der Waals surface area contributed by atoms with E-state index in [2.05, 4.69) is 10.1 Å². The van der Waals surface area contributed by atoms with Crippen LogP contribution in [0, 0.1) is 0 Å². The van der Waals surface area contributed by atoms with Gasteiger partial charge in [-0.05, 0) is 13.0 Å². The van der Waals surface area contributed by atoms with Gasteiger partial charge in [-0.1, -0.05) is 0 Å². The summed E-state index contributed by atoms with van der Waals surface area (Å²) in [6, 6.07) is 0. The number of carbonyl (C=O) groups excluding carboxylic acids is 1. The van der Waals surface area contributed by atoms with Crippen LogP contribution in [0.1, 0.15) is 23.8 Å². The molecule has 6 N–H and O–H groups in total. The molecule has 0 saturated carbocycles. The molecular weight excluding hydrogens is 319 g/mol. The van der Waals surface area contributed by atoms with E-state index in [1.807, 2.05) is 0 Å². The van der Waals surface area contributed by atoms with Crippen molar-refractivity contribution in [1.29, 1.82) is 0 Å². The molecule has 4 atom stereocenters. The summed E-state index contributed by atoms with van der Waals surface area (Å²) in [4.78, 5) is 32.6. The van der Waals surface area contributed by atoms with E-state index in [9.17, 15) is 19.6 Å². The molecule has 2 heterocycles. The molecule has 1 aliphatic heterocycles. The smallest absolute Gasteiger partial charge is 0.351 e. The topological polar surface area (TPSA) is 181 Å². The summed E-state index contributed by atoms with van der Waals surface area (Å²) >= 11 is 0. The number of carbonyl (C=O) groups is 1. The molecule has 0 radical (unpaired) electrons. The predicted octanol–water partition coefficient (Wildman–Crippen LogP) is -1.92. The first kappa shape index (κ1) is 16.7. The van der Waals surface area contributed by atoms with Crippen LogP contribution in [-0.4, -0.2) is 59.0 Å². The Bertz CT molecular complexity index is 653. The zero-order valence-electron chi connectivity index (χ0n) is 11.3. The minimum atomic E-state index is -4.46. The van der Waals surface area contributed by atoms with Crippen molar-refractivity contribution in [2.45, 2.75) is 31.5 Å². The summed E-state index contributed by atoms with van der Waals surface area (Å²) in [5.41, 5.74) is 5.00. The van der Waals surface area contributed by atoms with Crippen LogP contribution in [0.25, 0.3) is 0 Å². The number of ether oxygens (including phenoxy) is 1. The first-order valence-electron chi connectivity index (χ1n) is 6.08. The van der Waals surface area contributed by atoms with Crippen LogP contribution >= 0.6 is 7.60 Å². The van der Waals surface area contributed by atoms with Gasteiger partial charge in [0.2, 0.25) is 5.82 Å². The second kappa shape index (κ2) is 5.88. The predicted molar refractivity (Wildman–Crippen MR) is 70.3 cm³/mol. The van der Waals surface area contributed by atoms with E-state index in [1.54, 1.807) is 0 Å². The van der Waals surface area contributed by atoms with Gasteiger partial charge in [0.15, 0.2) is 6.23 Å². The number of primary amides is 1. The number of hydrogen-bond donors (Lipinski definition) is 5. The minimum Gasteiger partial charge on any atom is -0.387 e. The number of nitrogens with zero attached hydrogens (tertiary/aromatic N) is 3. The fourth-order valence-electron chi connectivity index (χ4n) is 1.89. The van der Waals surface area contributed by atoms with Crippen molar-refractivity contribution in [1.82, 2.24) is 14.8 Å². The van der Waals surface area contributed by atoms with Gasteiger partial charge in [0.25, 0.3) is 5.91 Å². The van der Waals surface area contributed by atoms with Crippen LogP contribution in [0.5, 0.6) is 0 Å². The zero-order chi connectivity index (χ0) is 16.7. The van der Waals surface area contributed by atoms with Crippen molar-refractivity contribution in [3.63, 3.8) is 0 Å². The van der Waals surface area contributed by atoms with Gasteiger partial charge in [0.1, 0.15) is 24.6 Å². The Labute approximate surface area is 124 Å². The Balaban J connectivity index is 2.23. The zero-order valence-corrected chi connectivity index (χ0v) is 12.2. The molecule has 122 valence electrons. The van der Waals surface area contributed by atoms with Crippen LogP contribution in [0.4, 0.5) is 0 Å². The third-order valence-corrected chi connectivity index (χ3v) is 4.20. The largest absolute Gasteiger partial charge is 0.387 e. The van der Waals surface area contributed by atoms with Crippen LogP contribution in [-0.2, 0) is 9.30 Å². The highest BCUT2D eigenvalue weighted by molar-refractivity contribution is 7.56. The normalized spacial score (nSPS) is 29.8. The summed E-state index contributed by atoms with van der Waals surface area (Å²) in [6.45, 7) is 1.18. The lowest BCUT2D eigenvalue weighted by molar-refractivity contribution is -0.0347. The van der Waals surface area contributed by atoms with Crippen molar-refractivity contribution in [3.05, 3.63) is 23.5 Å². The first-order chi connectivity index (χ1) is 10.1. The fourth-order valence-corrected chi connectivity index (χ4v) is 2.23. The number of nitrogens with two attached hydrogens (primary N) is 1. The second-order valence-electron chi connectivity index (χ2n) is 4.74. The van der Waals surface area contributed by atoms with Gasteiger partial charge in [-0.3, -0.25) is 9.36 Å². The highest BCUT2D eigenvalue weighted by atomic mass is 31.2. The van der Waals surface area contributed by atoms with Crippen molar-refractivity contribution in [2.75, 3.05) is 0 Å². The van der Waals surface area contributed by atoms with E-state index in [0.717, 1.165) is 17.1 Å². The van der Waals surface area contributed by atoms with Crippen LogP contribution in [0.15, 0.2) is 17.7 Å². The number of aromatic nitrogens is 3. The van der Waals surface area contributed by atoms with Gasteiger partial charge in [-0.25, -0.2) is 9.67 Å². The maximum Gasteiger partial charge on any atom is 0.351 e. The van der Waals surface area contributed by atoms with Crippen molar-refractivity contribution >= 4 is 13.5 Å². The van der Waals surface area contributed by atoms with E-state index in [4.69, 9.17) is 20.3 Å². The van der Waals surface area contributed by atoms with Gasteiger partial charge < -0.3 is 30.5 Å². The van der Waals surface area contributed by atoms with Gasteiger partial charge in [-0.2, -0.15) is 0 Å². The molecule has 0 aliphatic carbocycles. The number of aliphatic hydroxyl groups excluding tert-OH is 2. The minimum absolute atomic E-state index is 0.296. The maximum atomic E-state index is 11.1. The molecule has 12 heteroatoms. The van der Waals surface area contributed by atoms with Gasteiger partial charge >= 0.3 is 7.60 Å². The molecule has 11 nitrogen and oxygen atoms in total. The number of aliphatic hydroxyl groups is 2. The lowest BCUT2D eigenvalue weighted by Crippen LogP contribution is -2.31. The Hall–Kier alpha value is -1.62. The van der Waals surface area contributed by atoms with Crippen LogP contribution in [0.2, 0.25) is 0 Å². The van der Waals surface area contributed by atoms with E-state index in [-0.39, 0.29) is 11.1 Å². The monoisotopic (exact) mass is 334 g/mol. The van der Waals surface area contributed by atoms with E-state index in [0.29, 0.717) is 0 Å². The summed E-state index contributed by atoms with van der Waals surface area (Å²) in [6.07, 6.45) is -3.10. The number of hydrogen-bond acceptors (Lipinski definition) is 7. The van der Waals surface area contributed by atoms with Gasteiger partial charge in [0, 0.05) is 5.31 Å². The highest BCUT2D eigenvalue weighted by Crippen LogP contribution is 2.45. The molecule has 0 aromatic carbocycles. The SMILES string of the molecule is C/C(=C\[C@H]1OC(n2cnc(C(N)=O)n2)[C@H](O)[C@@H]1O)P(=O)(O)O. The quantitative estimate of drug-likeness (QED) is 0.392. The Morgan fingerprint density at radius 1 is 1.45 bits per heavy atom. The molecule has 1 fully saturated rings. The van der Waals surface area contributed by atoms with Crippen molar-refractivity contribution < 1.29 is 34.1 Å². The molecule has 0 bridgehead atoms. The molecule has 0 spiro atoms. The Morgan fingerprint density at radius 3 is 2.59 bits per heavy atom. The second-order valence-corrected chi connectivity index (χ2v) is 6.53. The summed E-state index contributed by atoms with van der Waals surface area (Å²) in [5.74, 6) is -1.17. The molecular formula is C10H15N4O7P.